The van der Waals surface area contributed by atoms with Crippen molar-refractivity contribution in [3.63, 3.8) is 0 Å². The van der Waals surface area contributed by atoms with Crippen LogP contribution in [0.15, 0.2) is 30.3 Å². The Labute approximate surface area is 167 Å². The van der Waals surface area contributed by atoms with Crippen LogP contribution in [0.5, 0.6) is 0 Å². The lowest BCUT2D eigenvalue weighted by molar-refractivity contribution is 0.0934. The van der Waals surface area contributed by atoms with Crippen LogP contribution in [-0.2, 0) is 0 Å². The lowest BCUT2D eigenvalue weighted by Gasteiger charge is -2.32. The molecular formula is C22H31N5O. The molecule has 2 N–H and O–H groups in total. The van der Waals surface area contributed by atoms with Gasteiger partial charge in [0, 0.05) is 36.2 Å². The number of aryl methyl sites for hydroxylation is 1. The average Bonchev–Trinajstić information content (AvgIpc) is 2.68. The second-order valence-corrected chi connectivity index (χ2v) is 7.84. The monoisotopic (exact) mass is 381 g/mol. The van der Waals surface area contributed by atoms with Gasteiger partial charge < -0.3 is 15.5 Å². The van der Waals surface area contributed by atoms with Crippen molar-refractivity contribution >= 4 is 23.2 Å². The predicted octanol–water partition coefficient (Wildman–Crippen LogP) is 4.29. The van der Waals surface area contributed by atoms with Gasteiger partial charge in [0.1, 0.15) is 5.69 Å². The van der Waals surface area contributed by atoms with Crippen LogP contribution >= 0.6 is 0 Å². The molecule has 6 heteroatoms. The number of carbonyl (C=O) groups excluding carboxylic acids is 1. The van der Waals surface area contributed by atoms with Crippen molar-refractivity contribution in [1.29, 1.82) is 0 Å². The molecule has 1 aromatic heterocycles. The Morgan fingerprint density at radius 1 is 1.21 bits per heavy atom. The number of hydrogen-bond acceptors (Lipinski definition) is 5. The van der Waals surface area contributed by atoms with Crippen molar-refractivity contribution in [3.8, 4) is 0 Å². The third-order valence-electron chi connectivity index (χ3n) is 5.35. The highest BCUT2D eigenvalue weighted by molar-refractivity contribution is 5.92. The largest absolute Gasteiger partial charge is 0.372 e. The van der Waals surface area contributed by atoms with Crippen molar-refractivity contribution in [1.82, 2.24) is 15.3 Å². The van der Waals surface area contributed by atoms with Crippen LogP contribution in [0.25, 0.3) is 0 Å². The summed E-state index contributed by atoms with van der Waals surface area (Å²) >= 11 is 0. The Balaban J connectivity index is 1.68. The van der Waals surface area contributed by atoms with Crippen LogP contribution in [0.2, 0.25) is 0 Å². The van der Waals surface area contributed by atoms with Gasteiger partial charge in [0.25, 0.3) is 5.91 Å². The molecule has 1 aliphatic heterocycles. The maximum Gasteiger partial charge on any atom is 0.270 e. The van der Waals surface area contributed by atoms with Crippen LogP contribution in [-0.4, -0.2) is 35.0 Å². The van der Waals surface area contributed by atoms with Gasteiger partial charge in [-0.3, -0.25) is 4.79 Å². The summed E-state index contributed by atoms with van der Waals surface area (Å²) in [5.74, 6) is 1.09. The third kappa shape index (κ3) is 5.21. The van der Waals surface area contributed by atoms with Crippen molar-refractivity contribution in [2.45, 2.75) is 53.0 Å². The van der Waals surface area contributed by atoms with E-state index in [4.69, 9.17) is 0 Å². The molecule has 0 saturated carbocycles. The quantitative estimate of drug-likeness (QED) is 0.781. The van der Waals surface area contributed by atoms with Gasteiger partial charge in [-0.2, -0.15) is 0 Å². The topological polar surface area (TPSA) is 70.2 Å². The third-order valence-corrected chi connectivity index (χ3v) is 5.35. The molecule has 0 bridgehead atoms. The summed E-state index contributed by atoms with van der Waals surface area (Å²) in [6, 6.07) is 10.2. The van der Waals surface area contributed by atoms with E-state index in [1.54, 1.807) is 6.07 Å². The Morgan fingerprint density at radius 2 is 1.89 bits per heavy atom. The van der Waals surface area contributed by atoms with E-state index in [-0.39, 0.29) is 11.9 Å². The van der Waals surface area contributed by atoms with Gasteiger partial charge in [-0.05, 0) is 69.4 Å². The number of benzene rings is 1. The zero-order valence-electron chi connectivity index (χ0n) is 17.3. The summed E-state index contributed by atoms with van der Waals surface area (Å²) in [5, 5.41) is 6.17. The minimum absolute atomic E-state index is 0.115. The fourth-order valence-electron chi connectivity index (χ4n) is 3.29. The molecule has 28 heavy (non-hydrogen) atoms. The lowest BCUT2D eigenvalue weighted by atomic mass is 9.99. The minimum atomic E-state index is -0.169. The second kappa shape index (κ2) is 9.04. The molecular weight excluding hydrogens is 350 g/mol. The molecule has 1 aromatic carbocycles. The van der Waals surface area contributed by atoms with Crippen LogP contribution in [0.3, 0.4) is 0 Å². The first kappa shape index (κ1) is 20.1. The van der Waals surface area contributed by atoms with Gasteiger partial charge in [-0.1, -0.05) is 13.8 Å². The molecule has 0 radical (unpaired) electrons. The Kier molecular flexibility index (Phi) is 6.49. The van der Waals surface area contributed by atoms with Gasteiger partial charge in [0.15, 0.2) is 0 Å². The van der Waals surface area contributed by atoms with Crippen molar-refractivity contribution < 1.29 is 4.79 Å². The molecule has 3 rings (SSSR count). The molecule has 1 amide bonds. The predicted molar refractivity (Wildman–Crippen MR) is 114 cm³/mol. The summed E-state index contributed by atoms with van der Waals surface area (Å²) in [7, 11) is 0. The summed E-state index contributed by atoms with van der Waals surface area (Å²) in [4.78, 5) is 23.6. The molecule has 1 saturated heterocycles. The zero-order chi connectivity index (χ0) is 20.1. The molecule has 1 aliphatic rings. The van der Waals surface area contributed by atoms with E-state index in [9.17, 15) is 4.79 Å². The molecule has 150 valence electrons. The van der Waals surface area contributed by atoms with Crippen molar-refractivity contribution in [2.24, 2.45) is 5.92 Å². The van der Waals surface area contributed by atoms with Gasteiger partial charge in [-0.15, -0.1) is 0 Å². The Hall–Kier alpha value is -2.63. The summed E-state index contributed by atoms with van der Waals surface area (Å²) in [5.41, 5.74) is 3.30. The molecule has 1 fully saturated rings. The molecule has 2 heterocycles. The van der Waals surface area contributed by atoms with E-state index in [1.165, 1.54) is 18.5 Å². The lowest BCUT2D eigenvalue weighted by Crippen LogP contribution is -2.32. The zero-order valence-corrected chi connectivity index (χ0v) is 17.3. The minimum Gasteiger partial charge on any atom is -0.372 e. The van der Waals surface area contributed by atoms with E-state index in [1.807, 2.05) is 32.9 Å². The van der Waals surface area contributed by atoms with Gasteiger partial charge in [-0.25, -0.2) is 9.97 Å². The maximum atomic E-state index is 12.4. The maximum absolute atomic E-state index is 12.4. The first-order valence-corrected chi connectivity index (χ1v) is 10.2. The number of nitrogens with one attached hydrogen (secondary N) is 2. The standard InChI is InChI=1S/C22H31N5O/c1-5-16(3)23-21(28)20-14-17(4)24-22(26-20)25-18-6-8-19(9-7-18)27-12-10-15(2)11-13-27/h6-9,14-16H,5,10-13H2,1-4H3,(H,23,28)(H,24,25,26). The second-order valence-electron chi connectivity index (χ2n) is 7.84. The van der Waals surface area contributed by atoms with E-state index in [0.717, 1.165) is 36.8 Å². The number of anilines is 3. The SMILES string of the molecule is CCC(C)NC(=O)c1cc(C)nc(Nc2ccc(N3CCC(C)CC3)cc2)n1. The highest BCUT2D eigenvalue weighted by Crippen LogP contribution is 2.25. The van der Waals surface area contributed by atoms with Crippen molar-refractivity contribution in [3.05, 3.63) is 41.7 Å². The normalized spacial score (nSPS) is 15.9. The van der Waals surface area contributed by atoms with Gasteiger partial charge in [0.05, 0.1) is 0 Å². The van der Waals surface area contributed by atoms with Gasteiger partial charge >= 0.3 is 0 Å². The van der Waals surface area contributed by atoms with Crippen molar-refractivity contribution in [2.75, 3.05) is 23.3 Å². The number of carbonyl (C=O) groups is 1. The number of aromatic nitrogens is 2. The Bertz CT molecular complexity index is 797. The van der Waals surface area contributed by atoms with Gasteiger partial charge in [0.2, 0.25) is 5.95 Å². The molecule has 0 aliphatic carbocycles. The van der Waals surface area contributed by atoms with E-state index in [0.29, 0.717) is 11.6 Å². The molecule has 2 aromatic rings. The summed E-state index contributed by atoms with van der Waals surface area (Å²) in [6.45, 7) is 10.4. The van der Waals surface area contributed by atoms with Crippen LogP contribution < -0.4 is 15.5 Å². The van der Waals surface area contributed by atoms with E-state index >= 15 is 0 Å². The number of nitrogens with zero attached hydrogens (tertiary/aromatic N) is 3. The van der Waals surface area contributed by atoms with Crippen LogP contribution in [0, 0.1) is 12.8 Å². The highest BCUT2D eigenvalue weighted by atomic mass is 16.1. The fourth-order valence-corrected chi connectivity index (χ4v) is 3.29. The smallest absolute Gasteiger partial charge is 0.270 e. The average molecular weight is 382 g/mol. The highest BCUT2D eigenvalue weighted by Gasteiger charge is 2.16. The first-order chi connectivity index (χ1) is 13.4. The molecule has 6 nitrogen and oxygen atoms in total. The molecule has 1 unspecified atom stereocenters. The first-order valence-electron chi connectivity index (χ1n) is 10.2. The van der Waals surface area contributed by atoms with E-state index < -0.39 is 0 Å². The summed E-state index contributed by atoms with van der Waals surface area (Å²) in [6.07, 6.45) is 3.38. The Morgan fingerprint density at radius 3 is 2.54 bits per heavy atom. The van der Waals surface area contributed by atoms with E-state index in [2.05, 4.69) is 44.6 Å². The van der Waals surface area contributed by atoms with Crippen LogP contribution in [0.4, 0.5) is 17.3 Å². The summed E-state index contributed by atoms with van der Waals surface area (Å²) < 4.78 is 0. The van der Waals surface area contributed by atoms with Crippen LogP contribution in [0.1, 0.15) is 56.2 Å². The molecule has 1 atom stereocenters. The number of amides is 1. The number of rotatable bonds is 6. The number of hydrogen-bond donors (Lipinski definition) is 2. The molecule has 0 spiro atoms. The number of piperidine rings is 1. The fraction of sp³-hybridized carbons (Fsp3) is 0.500.